The average molecular weight is 320 g/mol. The van der Waals surface area contributed by atoms with E-state index < -0.39 is 0 Å². The van der Waals surface area contributed by atoms with Crippen molar-refractivity contribution >= 4 is 46.2 Å². The number of rotatable bonds is 3. The van der Waals surface area contributed by atoms with Gasteiger partial charge in [0.25, 0.3) is 0 Å². The summed E-state index contributed by atoms with van der Waals surface area (Å²) in [7, 11) is 0. The topological polar surface area (TPSA) is 67.2 Å². The van der Waals surface area contributed by atoms with E-state index >= 15 is 0 Å². The van der Waals surface area contributed by atoms with Crippen LogP contribution in [0.5, 0.6) is 0 Å². The molecule has 0 unspecified atom stereocenters. The molecule has 2 aromatic carbocycles. The maximum atomic E-state index is 11.9. The number of nitrogens with two attached hydrogens (primary N) is 1. The molecule has 21 heavy (non-hydrogen) atoms. The molecule has 6 heteroatoms. The van der Waals surface area contributed by atoms with E-state index in [1.165, 1.54) is 0 Å². The Morgan fingerprint density at radius 2 is 1.81 bits per heavy atom. The van der Waals surface area contributed by atoms with Gasteiger partial charge in [0.05, 0.1) is 10.7 Å². The molecule has 0 atom stereocenters. The van der Waals surface area contributed by atoms with E-state index in [4.69, 9.17) is 29.6 Å². The SMILES string of the molecule is Cc1ccc(NC(=O)Nc2ccc(C(N)=S)cc2Cl)cc1. The van der Waals surface area contributed by atoms with E-state index in [-0.39, 0.29) is 11.0 Å². The molecule has 2 amide bonds. The Labute approximate surface area is 133 Å². The molecule has 4 N–H and O–H groups in total. The van der Waals surface area contributed by atoms with Crippen LogP contribution in [0.15, 0.2) is 42.5 Å². The number of hydrogen-bond acceptors (Lipinski definition) is 2. The summed E-state index contributed by atoms with van der Waals surface area (Å²) in [5.41, 5.74) is 8.49. The van der Waals surface area contributed by atoms with Crippen molar-refractivity contribution in [2.75, 3.05) is 10.6 Å². The number of halogens is 1. The quantitative estimate of drug-likeness (QED) is 0.751. The number of amides is 2. The number of aryl methyl sites for hydroxylation is 1. The first-order valence-corrected chi connectivity index (χ1v) is 6.98. The van der Waals surface area contributed by atoms with Crippen LogP contribution in [0.25, 0.3) is 0 Å². The standard InChI is InChI=1S/C15H14ClN3OS/c1-9-2-5-11(6-3-9)18-15(20)19-13-7-4-10(14(17)21)8-12(13)16/h2-8H,1H3,(H2,17,21)(H2,18,19,20). The molecule has 0 saturated carbocycles. The van der Waals surface area contributed by atoms with Crippen molar-refractivity contribution in [3.05, 3.63) is 58.6 Å². The van der Waals surface area contributed by atoms with Crippen molar-refractivity contribution in [3.63, 3.8) is 0 Å². The van der Waals surface area contributed by atoms with Gasteiger partial charge in [-0.15, -0.1) is 0 Å². The molecule has 2 aromatic rings. The molecule has 108 valence electrons. The van der Waals surface area contributed by atoms with Crippen LogP contribution in [0.4, 0.5) is 16.2 Å². The summed E-state index contributed by atoms with van der Waals surface area (Å²) < 4.78 is 0. The first-order chi connectivity index (χ1) is 9.95. The summed E-state index contributed by atoms with van der Waals surface area (Å²) in [6.07, 6.45) is 0. The molecule has 0 heterocycles. The van der Waals surface area contributed by atoms with Gasteiger partial charge in [-0.25, -0.2) is 4.79 Å². The number of carbonyl (C=O) groups is 1. The predicted octanol–water partition coefficient (Wildman–Crippen LogP) is 3.93. The van der Waals surface area contributed by atoms with Gasteiger partial charge in [-0.3, -0.25) is 0 Å². The largest absolute Gasteiger partial charge is 0.389 e. The Bertz CT molecular complexity index is 686. The van der Waals surface area contributed by atoms with Gasteiger partial charge >= 0.3 is 6.03 Å². The molecule has 0 aliphatic heterocycles. The fourth-order valence-electron chi connectivity index (χ4n) is 1.69. The van der Waals surface area contributed by atoms with E-state index in [0.29, 0.717) is 22.0 Å². The molecule has 0 aliphatic carbocycles. The van der Waals surface area contributed by atoms with E-state index in [9.17, 15) is 4.79 Å². The second-order valence-corrected chi connectivity index (χ2v) is 5.35. The van der Waals surface area contributed by atoms with Crippen LogP contribution < -0.4 is 16.4 Å². The van der Waals surface area contributed by atoms with E-state index in [2.05, 4.69) is 10.6 Å². The first-order valence-electron chi connectivity index (χ1n) is 6.20. The fraction of sp³-hybridized carbons (Fsp3) is 0.0667. The Morgan fingerprint density at radius 3 is 2.38 bits per heavy atom. The highest BCUT2D eigenvalue weighted by Crippen LogP contribution is 2.23. The van der Waals surface area contributed by atoms with Crippen molar-refractivity contribution in [1.29, 1.82) is 0 Å². The summed E-state index contributed by atoms with van der Waals surface area (Å²) >= 11 is 11.0. The fourth-order valence-corrected chi connectivity index (χ4v) is 2.05. The smallest absolute Gasteiger partial charge is 0.323 e. The van der Waals surface area contributed by atoms with E-state index in [1.54, 1.807) is 18.2 Å². The summed E-state index contributed by atoms with van der Waals surface area (Å²) in [5.74, 6) is 0. The first kappa shape index (κ1) is 15.3. The number of nitrogens with one attached hydrogen (secondary N) is 2. The van der Waals surface area contributed by atoms with Crippen LogP contribution in [-0.2, 0) is 0 Å². The van der Waals surface area contributed by atoms with Crippen LogP contribution in [0.3, 0.4) is 0 Å². The average Bonchev–Trinajstić information content (AvgIpc) is 2.43. The van der Waals surface area contributed by atoms with Gasteiger partial charge in [-0.1, -0.05) is 41.5 Å². The zero-order valence-corrected chi connectivity index (χ0v) is 12.9. The Kier molecular flexibility index (Phi) is 4.77. The van der Waals surface area contributed by atoms with Crippen LogP contribution >= 0.6 is 23.8 Å². The van der Waals surface area contributed by atoms with Crippen molar-refractivity contribution < 1.29 is 4.79 Å². The van der Waals surface area contributed by atoms with Gasteiger partial charge < -0.3 is 16.4 Å². The van der Waals surface area contributed by atoms with Crippen molar-refractivity contribution in [2.24, 2.45) is 5.73 Å². The van der Waals surface area contributed by atoms with Gasteiger partial charge in [-0.2, -0.15) is 0 Å². The number of benzene rings is 2. The van der Waals surface area contributed by atoms with Crippen molar-refractivity contribution in [3.8, 4) is 0 Å². The van der Waals surface area contributed by atoms with Crippen LogP contribution in [0.1, 0.15) is 11.1 Å². The molecule has 0 spiro atoms. The second-order valence-electron chi connectivity index (χ2n) is 4.50. The third-order valence-electron chi connectivity index (χ3n) is 2.81. The lowest BCUT2D eigenvalue weighted by Crippen LogP contribution is -2.19. The van der Waals surface area contributed by atoms with Gasteiger partial charge in [0.1, 0.15) is 4.99 Å². The Hall–Kier alpha value is -2.11. The molecule has 0 bridgehead atoms. The number of thiocarbonyl (C=S) groups is 1. The third kappa shape index (κ3) is 4.18. The Morgan fingerprint density at radius 1 is 1.14 bits per heavy atom. The Balaban J connectivity index is 2.06. The zero-order valence-electron chi connectivity index (χ0n) is 11.3. The highest BCUT2D eigenvalue weighted by Gasteiger charge is 2.07. The summed E-state index contributed by atoms with van der Waals surface area (Å²) in [5, 5.41) is 5.77. The lowest BCUT2D eigenvalue weighted by atomic mass is 10.2. The maximum Gasteiger partial charge on any atom is 0.323 e. The molecular formula is C15H14ClN3OS. The molecular weight excluding hydrogens is 306 g/mol. The van der Waals surface area contributed by atoms with Crippen molar-refractivity contribution in [1.82, 2.24) is 0 Å². The zero-order chi connectivity index (χ0) is 15.4. The van der Waals surface area contributed by atoms with Crippen LogP contribution in [0.2, 0.25) is 5.02 Å². The molecule has 0 radical (unpaired) electrons. The van der Waals surface area contributed by atoms with Crippen LogP contribution in [0, 0.1) is 6.92 Å². The third-order valence-corrected chi connectivity index (χ3v) is 3.36. The molecule has 0 fully saturated rings. The van der Waals surface area contributed by atoms with Gasteiger partial charge in [0, 0.05) is 11.3 Å². The minimum absolute atomic E-state index is 0.257. The van der Waals surface area contributed by atoms with E-state index in [0.717, 1.165) is 5.56 Å². The highest BCUT2D eigenvalue weighted by atomic mass is 35.5. The van der Waals surface area contributed by atoms with Crippen molar-refractivity contribution in [2.45, 2.75) is 6.92 Å². The van der Waals surface area contributed by atoms with Gasteiger partial charge in [0.2, 0.25) is 0 Å². The molecule has 0 saturated heterocycles. The van der Waals surface area contributed by atoms with Crippen LogP contribution in [-0.4, -0.2) is 11.0 Å². The highest BCUT2D eigenvalue weighted by molar-refractivity contribution is 7.80. The number of carbonyl (C=O) groups excluding carboxylic acids is 1. The summed E-state index contributed by atoms with van der Waals surface area (Å²) in [4.78, 5) is 12.2. The molecule has 4 nitrogen and oxygen atoms in total. The lowest BCUT2D eigenvalue weighted by Gasteiger charge is -2.10. The summed E-state index contributed by atoms with van der Waals surface area (Å²) in [6, 6.07) is 12.1. The normalized spacial score (nSPS) is 10.0. The second kappa shape index (κ2) is 6.56. The molecule has 0 aliphatic rings. The minimum Gasteiger partial charge on any atom is -0.389 e. The van der Waals surface area contributed by atoms with Gasteiger partial charge in [-0.05, 0) is 37.3 Å². The number of anilines is 2. The predicted molar refractivity (Wildman–Crippen MR) is 91.2 cm³/mol. The maximum absolute atomic E-state index is 11.9. The molecule has 0 aromatic heterocycles. The number of urea groups is 1. The van der Waals surface area contributed by atoms with Gasteiger partial charge in [0.15, 0.2) is 0 Å². The molecule has 2 rings (SSSR count). The number of hydrogen-bond donors (Lipinski definition) is 3. The monoisotopic (exact) mass is 319 g/mol. The minimum atomic E-state index is -0.371. The lowest BCUT2D eigenvalue weighted by molar-refractivity contribution is 0.262. The summed E-state index contributed by atoms with van der Waals surface area (Å²) in [6.45, 7) is 1.98. The van der Waals surface area contributed by atoms with E-state index in [1.807, 2.05) is 31.2 Å².